The fourth-order valence-electron chi connectivity index (χ4n) is 4.33. The summed E-state index contributed by atoms with van der Waals surface area (Å²) in [5.41, 5.74) is 3.32. The van der Waals surface area contributed by atoms with Crippen molar-refractivity contribution in [3.63, 3.8) is 0 Å². The first-order valence-corrected chi connectivity index (χ1v) is 9.84. The molecule has 2 aliphatic heterocycles. The SMILES string of the molecule is COc1ccc(-c2nn3c(nc2=O)-c2ccccc2N2C(=O)c4ccccc4[C@H]23)cc1. The third-order valence-electron chi connectivity index (χ3n) is 5.77. The first-order valence-electron chi connectivity index (χ1n) is 9.84. The highest BCUT2D eigenvalue weighted by Gasteiger charge is 2.44. The normalized spacial score (nSPS) is 15.7. The smallest absolute Gasteiger partial charge is 0.300 e. The molecule has 31 heavy (non-hydrogen) atoms. The van der Waals surface area contributed by atoms with Crippen LogP contribution in [-0.2, 0) is 0 Å². The summed E-state index contributed by atoms with van der Waals surface area (Å²) >= 11 is 0. The van der Waals surface area contributed by atoms with Crippen LogP contribution in [-0.4, -0.2) is 27.8 Å². The standard InChI is InChI=1S/C24H16N4O3/c1-31-15-12-10-14(11-13-15)20-22(29)25-21-18-8-4-5-9-19(18)27-23(28(21)26-20)16-6-2-3-7-17(16)24(27)30/h2-13,23H,1H3/t23-/m1/s1. The minimum absolute atomic E-state index is 0.0924. The van der Waals surface area contributed by atoms with Crippen molar-refractivity contribution >= 4 is 11.6 Å². The van der Waals surface area contributed by atoms with Crippen LogP contribution in [0.3, 0.4) is 0 Å². The van der Waals surface area contributed by atoms with E-state index >= 15 is 0 Å². The van der Waals surface area contributed by atoms with Gasteiger partial charge in [0.1, 0.15) is 5.75 Å². The number of rotatable bonds is 2. The number of ether oxygens (including phenoxy) is 1. The molecule has 1 amide bonds. The van der Waals surface area contributed by atoms with Gasteiger partial charge in [0.15, 0.2) is 17.7 Å². The monoisotopic (exact) mass is 408 g/mol. The lowest BCUT2D eigenvalue weighted by Gasteiger charge is -2.34. The van der Waals surface area contributed by atoms with Crippen LogP contribution in [0.5, 0.6) is 5.75 Å². The fraction of sp³-hybridized carbons (Fsp3) is 0.0833. The number of para-hydroxylation sites is 1. The Labute approximate surface area is 177 Å². The average molecular weight is 408 g/mol. The van der Waals surface area contributed by atoms with Crippen LogP contribution in [0.1, 0.15) is 22.1 Å². The van der Waals surface area contributed by atoms with E-state index in [2.05, 4.69) is 4.98 Å². The Balaban J connectivity index is 1.64. The molecule has 6 rings (SSSR count). The number of amides is 1. The number of hydrogen-bond donors (Lipinski definition) is 0. The van der Waals surface area contributed by atoms with Crippen molar-refractivity contribution < 1.29 is 9.53 Å². The molecule has 1 atom stereocenters. The van der Waals surface area contributed by atoms with Gasteiger partial charge in [-0.3, -0.25) is 14.5 Å². The Hall–Kier alpha value is -4.26. The molecular formula is C24H16N4O3. The first-order chi connectivity index (χ1) is 15.2. The Kier molecular flexibility index (Phi) is 3.61. The quantitative estimate of drug-likeness (QED) is 0.507. The number of carbonyl (C=O) groups excluding carboxylic acids is 1. The van der Waals surface area contributed by atoms with Gasteiger partial charge in [-0.25, -0.2) is 4.68 Å². The van der Waals surface area contributed by atoms with Crippen LogP contribution in [0.15, 0.2) is 77.6 Å². The minimum atomic E-state index is -0.501. The summed E-state index contributed by atoms with van der Waals surface area (Å²) in [7, 11) is 1.59. The summed E-state index contributed by atoms with van der Waals surface area (Å²) in [6, 6.07) is 22.1. The van der Waals surface area contributed by atoms with Crippen LogP contribution < -0.4 is 15.2 Å². The number of benzene rings is 3. The van der Waals surface area contributed by atoms with Gasteiger partial charge < -0.3 is 4.74 Å². The van der Waals surface area contributed by atoms with Crippen molar-refractivity contribution in [3.8, 4) is 28.4 Å². The van der Waals surface area contributed by atoms with Crippen LogP contribution in [0.2, 0.25) is 0 Å². The molecule has 0 unspecified atom stereocenters. The van der Waals surface area contributed by atoms with Crippen LogP contribution >= 0.6 is 0 Å². The van der Waals surface area contributed by atoms with E-state index in [9.17, 15) is 9.59 Å². The number of nitrogens with zero attached hydrogens (tertiary/aromatic N) is 4. The number of hydrogen-bond acceptors (Lipinski definition) is 5. The molecule has 0 fully saturated rings. The molecule has 3 aromatic carbocycles. The molecule has 0 saturated carbocycles. The van der Waals surface area contributed by atoms with Gasteiger partial charge in [0, 0.05) is 22.3 Å². The molecule has 0 N–H and O–H groups in total. The molecule has 7 heteroatoms. The molecule has 0 aliphatic carbocycles. The van der Waals surface area contributed by atoms with E-state index in [1.165, 1.54) is 0 Å². The summed E-state index contributed by atoms with van der Waals surface area (Å²) in [6.07, 6.45) is -0.501. The van der Waals surface area contributed by atoms with Crippen molar-refractivity contribution in [2.24, 2.45) is 0 Å². The zero-order valence-corrected chi connectivity index (χ0v) is 16.5. The molecule has 1 aromatic heterocycles. The molecule has 0 spiro atoms. The largest absolute Gasteiger partial charge is 0.497 e. The topological polar surface area (TPSA) is 77.3 Å². The molecule has 0 saturated heterocycles. The molecule has 0 radical (unpaired) electrons. The minimum Gasteiger partial charge on any atom is -0.497 e. The van der Waals surface area contributed by atoms with E-state index in [-0.39, 0.29) is 11.6 Å². The summed E-state index contributed by atoms with van der Waals surface area (Å²) in [6.45, 7) is 0. The van der Waals surface area contributed by atoms with Gasteiger partial charge in [0.2, 0.25) is 0 Å². The number of aromatic nitrogens is 3. The zero-order valence-electron chi connectivity index (χ0n) is 16.5. The van der Waals surface area contributed by atoms with Crippen molar-refractivity contribution in [3.05, 3.63) is 94.3 Å². The Morgan fingerprint density at radius 1 is 0.871 bits per heavy atom. The maximum Gasteiger partial charge on any atom is 0.300 e. The van der Waals surface area contributed by atoms with E-state index in [1.807, 2.05) is 48.5 Å². The van der Waals surface area contributed by atoms with E-state index in [1.54, 1.807) is 41.0 Å². The summed E-state index contributed by atoms with van der Waals surface area (Å²) in [4.78, 5) is 32.4. The molecule has 150 valence electrons. The maximum absolute atomic E-state index is 13.3. The van der Waals surface area contributed by atoms with Gasteiger partial charge in [-0.15, -0.1) is 0 Å². The molecule has 2 aliphatic rings. The highest BCUT2D eigenvalue weighted by atomic mass is 16.5. The van der Waals surface area contributed by atoms with Crippen LogP contribution in [0, 0.1) is 0 Å². The number of anilines is 1. The van der Waals surface area contributed by atoms with Crippen molar-refractivity contribution in [2.75, 3.05) is 12.0 Å². The molecule has 0 bridgehead atoms. The lowest BCUT2D eigenvalue weighted by molar-refractivity contribution is 0.0986. The van der Waals surface area contributed by atoms with Crippen molar-refractivity contribution in [2.45, 2.75) is 6.17 Å². The summed E-state index contributed by atoms with van der Waals surface area (Å²) in [5.74, 6) is 1.04. The van der Waals surface area contributed by atoms with Crippen LogP contribution in [0.4, 0.5) is 5.69 Å². The predicted molar refractivity (Wildman–Crippen MR) is 115 cm³/mol. The Morgan fingerprint density at radius 3 is 2.35 bits per heavy atom. The van der Waals surface area contributed by atoms with Crippen molar-refractivity contribution in [1.29, 1.82) is 0 Å². The highest BCUT2D eigenvalue weighted by Crippen LogP contribution is 2.46. The lowest BCUT2D eigenvalue weighted by Crippen LogP contribution is -2.39. The summed E-state index contributed by atoms with van der Waals surface area (Å²) in [5, 5.41) is 4.72. The van der Waals surface area contributed by atoms with E-state index < -0.39 is 11.7 Å². The zero-order chi connectivity index (χ0) is 21.1. The maximum atomic E-state index is 13.3. The van der Waals surface area contributed by atoms with E-state index in [4.69, 9.17) is 9.84 Å². The summed E-state index contributed by atoms with van der Waals surface area (Å²) < 4.78 is 6.90. The third-order valence-corrected chi connectivity index (χ3v) is 5.77. The number of carbonyl (C=O) groups is 1. The molecule has 7 nitrogen and oxygen atoms in total. The van der Waals surface area contributed by atoms with Gasteiger partial charge in [-0.05, 0) is 42.5 Å². The number of fused-ring (bicyclic) bond motifs is 8. The second-order valence-electron chi connectivity index (χ2n) is 7.42. The predicted octanol–water partition coefficient (Wildman–Crippen LogP) is 3.50. The fourth-order valence-corrected chi connectivity index (χ4v) is 4.33. The van der Waals surface area contributed by atoms with Gasteiger partial charge in [-0.1, -0.05) is 30.3 Å². The van der Waals surface area contributed by atoms with E-state index in [0.717, 1.165) is 11.3 Å². The average Bonchev–Trinajstić information content (AvgIpc) is 3.12. The van der Waals surface area contributed by atoms with E-state index in [0.29, 0.717) is 28.3 Å². The number of methoxy groups -OCH3 is 1. The molecule has 3 heterocycles. The van der Waals surface area contributed by atoms with Gasteiger partial charge in [0.25, 0.3) is 11.5 Å². The third kappa shape index (κ3) is 2.40. The van der Waals surface area contributed by atoms with Gasteiger partial charge >= 0.3 is 0 Å². The Bertz CT molecular complexity index is 1430. The van der Waals surface area contributed by atoms with Gasteiger partial charge in [-0.2, -0.15) is 10.1 Å². The van der Waals surface area contributed by atoms with Gasteiger partial charge in [0.05, 0.1) is 12.8 Å². The second kappa shape index (κ2) is 6.37. The van der Waals surface area contributed by atoms with Crippen molar-refractivity contribution in [1.82, 2.24) is 14.8 Å². The first kappa shape index (κ1) is 17.6. The Morgan fingerprint density at radius 2 is 1.58 bits per heavy atom. The second-order valence-corrected chi connectivity index (χ2v) is 7.42. The van der Waals surface area contributed by atoms with Crippen LogP contribution in [0.25, 0.3) is 22.6 Å². The lowest BCUT2D eigenvalue weighted by atomic mass is 10.1. The molecule has 4 aromatic rings. The molecular weight excluding hydrogens is 392 g/mol. The highest BCUT2D eigenvalue weighted by molar-refractivity contribution is 6.13.